The fourth-order valence-electron chi connectivity index (χ4n) is 4.17. The van der Waals surface area contributed by atoms with Gasteiger partial charge in [-0.1, -0.05) is 36.4 Å². The molecule has 1 atom stereocenters. The van der Waals surface area contributed by atoms with Gasteiger partial charge >= 0.3 is 0 Å². The van der Waals surface area contributed by atoms with Gasteiger partial charge in [0, 0.05) is 13.0 Å². The Bertz CT molecular complexity index is 725. The minimum atomic E-state index is -0.363. The molecule has 2 heterocycles. The highest BCUT2D eigenvalue weighted by Gasteiger charge is 2.48. The van der Waals surface area contributed by atoms with Crippen LogP contribution in [0.2, 0.25) is 0 Å². The molecular formula is C19H19NO2. The summed E-state index contributed by atoms with van der Waals surface area (Å²) in [5.41, 5.74) is 3.15. The standard InChI is InChI=1S/C19H19NO2/c21-16-8-9-17-14(13-16)10-12-20-18(22)7-4-11-19(17,20)15-5-2-1-3-6-15/h1-3,5-6,8-9,13,21H,4,7,10-12H2. The van der Waals surface area contributed by atoms with Crippen molar-refractivity contribution in [3.05, 3.63) is 65.2 Å². The van der Waals surface area contributed by atoms with Crippen molar-refractivity contribution in [1.29, 1.82) is 0 Å². The number of benzene rings is 2. The summed E-state index contributed by atoms with van der Waals surface area (Å²) in [4.78, 5) is 14.6. The Balaban J connectivity index is 1.98. The van der Waals surface area contributed by atoms with E-state index < -0.39 is 0 Å². The van der Waals surface area contributed by atoms with Gasteiger partial charge in [-0.15, -0.1) is 0 Å². The Kier molecular flexibility index (Phi) is 2.96. The maximum atomic E-state index is 12.6. The van der Waals surface area contributed by atoms with E-state index in [-0.39, 0.29) is 11.4 Å². The predicted molar refractivity (Wildman–Crippen MR) is 84.6 cm³/mol. The molecule has 2 aliphatic heterocycles. The Labute approximate surface area is 130 Å². The Morgan fingerprint density at radius 2 is 1.86 bits per heavy atom. The van der Waals surface area contributed by atoms with E-state index in [1.54, 1.807) is 6.07 Å². The van der Waals surface area contributed by atoms with Crippen molar-refractivity contribution >= 4 is 5.91 Å². The summed E-state index contributed by atoms with van der Waals surface area (Å²) in [6.45, 7) is 0.726. The van der Waals surface area contributed by atoms with Gasteiger partial charge in [0.1, 0.15) is 5.75 Å². The van der Waals surface area contributed by atoms with Crippen molar-refractivity contribution < 1.29 is 9.90 Å². The third-order valence-electron chi connectivity index (χ3n) is 5.08. The number of fused-ring (bicyclic) bond motifs is 3. The van der Waals surface area contributed by atoms with Gasteiger partial charge in [-0.05, 0) is 48.1 Å². The normalized spacial score (nSPS) is 23.8. The minimum Gasteiger partial charge on any atom is -0.508 e. The Morgan fingerprint density at radius 3 is 2.68 bits per heavy atom. The van der Waals surface area contributed by atoms with Crippen molar-refractivity contribution in [2.75, 3.05) is 6.54 Å². The second kappa shape index (κ2) is 4.87. The van der Waals surface area contributed by atoms with Crippen LogP contribution in [0.3, 0.4) is 0 Å². The van der Waals surface area contributed by atoms with Gasteiger partial charge in [0.15, 0.2) is 0 Å². The molecule has 0 aliphatic carbocycles. The molecule has 0 aromatic heterocycles. The van der Waals surface area contributed by atoms with Gasteiger partial charge in [0.05, 0.1) is 5.54 Å². The monoisotopic (exact) mass is 293 g/mol. The smallest absolute Gasteiger partial charge is 0.223 e. The van der Waals surface area contributed by atoms with Crippen molar-refractivity contribution in [3.8, 4) is 5.75 Å². The number of carbonyl (C=O) groups is 1. The second-order valence-corrected chi connectivity index (χ2v) is 6.22. The fourth-order valence-corrected chi connectivity index (χ4v) is 4.17. The van der Waals surface area contributed by atoms with Crippen LogP contribution >= 0.6 is 0 Å². The van der Waals surface area contributed by atoms with E-state index in [2.05, 4.69) is 17.0 Å². The molecule has 0 spiro atoms. The lowest BCUT2D eigenvalue weighted by Gasteiger charge is -2.51. The maximum Gasteiger partial charge on any atom is 0.223 e. The first-order chi connectivity index (χ1) is 10.7. The maximum absolute atomic E-state index is 12.6. The van der Waals surface area contributed by atoms with Gasteiger partial charge in [0.25, 0.3) is 0 Å². The molecule has 1 saturated heterocycles. The molecule has 112 valence electrons. The zero-order chi connectivity index (χ0) is 15.2. The van der Waals surface area contributed by atoms with Crippen molar-refractivity contribution in [2.24, 2.45) is 0 Å². The molecule has 4 rings (SSSR count). The van der Waals surface area contributed by atoms with Gasteiger partial charge in [0.2, 0.25) is 5.91 Å². The van der Waals surface area contributed by atoms with Crippen LogP contribution in [0, 0.1) is 0 Å². The SMILES string of the molecule is O=C1CCCC2(c3ccccc3)c3ccc(O)cc3CCN12. The number of phenols is 1. The molecule has 0 saturated carbocycles. The van der Waals surface area contributed by atoms with Crippen molar-refractivity contribution in [1.82, 2.24) is 4.90 Å². The van der Waals surface area contributed by atoms with E-state index in [1.165, 1.54) is 11.1 Å². The summed E-state index contributed by atoms with van der Waals surface area (Å²) >= 11 is 0. The van der Waals surface area contributed by atoms with Crippen molar-refractivity contribution in [2.45, 2.75) is 31.2 Å². The molecule has 2 aromatic carbocycles. The first-order valence-corrected chi connectivity index (χ1v) is 7.90. The van der Waals surface area contributed by atoms with Gasteiger partial charge in [-0.3, -0.25) is 4.79 Å². The lowest BCUT2D eigenvalue weighted by molar-refractivity contribution is -0.141. The number of amides is 1. The van der Waals surface area contributed by atoms with Gasteiger partial charge < -0.3 is 10.0 Å². The number of hydrogen-bond acceptors (Lipinski definition) is 2. The highest BCUT2D eigenvalue weighted by atomic mass is 16.3. The summed E-state index contributed by atoms with van der Waals surface area (Å²) in [5.74, 6) is 0.548. The molecular weight excluding hydrogens is 274 g/mol. The summed E-state index contributed by atoms with van der Waals surface area (Å²) in [5, 5.41) is 9.81. The lowest BCUT2D eigenvalue weighted by Crippen LogP contribution is -2.56. The molecule has 1 amide bonds. The summed E-state index contributed by atoms with van der Waals surface area (Å²) in [6, 6.07) is 15.9. The average Bonchev–Trinajstić information content (AvgIpc) is 2.55. The Morgan fingerprint density at radius 1 is 1.05 bits per heavy atom. The van der Waals surface area contributed by atoms with Crippen molar-refractivity contribution in [3.63, 3.8) is 0 Å². The minimum absolute atomic E-state index is 0.244. The van der Waals surface area contributed by atoms with Crippen LogP contribution in [0.5, 0.6) is 5.75 Å². The predicted octanol–water partition coefficient (Wildman–Crippen LogP) is 3.20. The summed E-state index contributed by atoms with van der Waals surface area (Å²) in [6.07, 6.45) is 3.30. The lowest BCUT2D eigenvalue weighted by atomic mass is 9.70. The molecule has 2 aliphatic rings. The Hall–Kier alpha value is -2.29. The van der Waals surface area contributed by atoms with Gasteiger partial charge in [-0.2, -0.15) is 0 Å². The molecule has 1 N–H and O–H groups in total. The van der Waals surface area contributed by atoms with E-state index in [0.717, 1.165) is 31.4 Å². The molecule has 22 heavy (non-hydrogen) atoms. The number of carbonyl (C=O) groups excluding carboxylic acids is 1. The van der Waals surface area contributed by atoms with E-state index in [4.69, 9.17) is 0 Å². The van der Waals surface area contributed by atoms with Crippen LogP contribution in [0.15, 0.2) is 48.5 Å². The van der Waals surface area contributed by atoms with Crippen LogP contribution in [-0.2, 0) is 16.8 Å². The second-order valence-electron chi connectivity index (χ2n) is 6.22. The molecule has 3 heteroatoms. The van der Waals surface area contributed by atoms with Crippen LogP contribution in [0.1, 0.15) is 36.0 Å². The molecule has 1 unspecified atom stereocenters. The molecule has 3 nitrogen and oxygen atoms in total. The van der Waals surface area contributed by atoms with E-state index >= 15 is 0 Å². The first kappa shape index (κ1) is 13.4. The largest absolute Gasteiger partial charge is 0.508 e. The zero-order valence-corrected chi connectivity index (χ0v) is 12.5. The first-order valence-electron chi connectivity index (χ1n) is 7.90. The topological polar surface area (TPSA) is 40.5 Å². The fraction of sp³-hybridized carbons (Fsp3) is 0.316. The highest BCUT2D eigenvalue weighted by molar-refractivity contribution is 5.80. The molecule has 0 radical (unpaired) electrons. The molecule has 0 bridgehead atoms. The van der Waals surface area contributed by atoms with E-state index in [1.807, 2.05) is 30.3 Å². The number of piperidine rings is 1. The number of rotatable bonds is 1. The average molecular weight is 293 g/mol. The third-order valence-corrected chi connectivity index (χ3v) is 5.08. The highest BCUT2D eigenvalue weighted by Crippen LogP contribution is 2.47. The van der Waals surface area contributed by atoms with E-state index in [9.17, 15) is 9.90 Å². The number of phenolic OH excluding ortho intramolecular Hbond substituents is 1. The van der Waals surface area contributed by atoms with Crippen LogP contribution in [0.25, 0.3) is 0 Å². The quantitative estimate of drug-likeness (QED) is 0.877. The number of hydrogen-bond donors (Lipinski definition) is 1. The van der Waals surface area contributed by atoms with E-state index in [0.29, 0.717) is 12.2 Å². The summed E-state index contributed by atoms with van der Waals surface area (Å²) < 4.78 is 0. The number of aromatic hydroxyl groups is 1. The molecule has 1 fully saturated rings. The van der Waals surface area contributed by atoms with Gasteiger partial charge in [-0.25, -0.2) is 0 Å². The molecule has 2 aromatic rings. The van der Waals surface area contributed by atoms with Crippen LogP contribution in [-0.4, -0.2) is 22.5 Å². The van der Waals surface area contributed by atoms with Crippen LogP contribution in [0.4, 0.5) is 0 Å². The van der Waals surface area contributed by atoms with Crippen LogP contribution < -0.4 is 0 Å². The third kappa shape index (κ3) is 1.78. The summed E-state index contributed by atoms with van der Waals surface area (Å²) in [7, 11) is 0. The number of nitrogens with zero attached hydrogens (tertiary/aromatic N) is 1. The zero-order valence-electron chi connectivity index (χ0n) is 12.5.